The second-order valence-electron chi connectivity index (χ2n) is 16.6. The molecule has 57 heavy (non-hydrogen) atoms. The van der Waals surface area contributed by atoms with Crippen LogP contribution in [-0.4, -0.2) is 98.9 Å². The molecule has 1 aliphatic carbocycles. The molecule has 6 N–H and O–H groups in total. The zero-order valence-electron chi connectivity index (χ0n) is 36.2. The van der Waals surface area contributed by atoms with Crippen molar-refractivity contribution >= 4 is 13.8 Å². The molecule has 340 valence electrons. The fourth-order valence-corrected chi connectivity index (χ4v) is 8.45. The standard InChI is InChI=1S/C44H87O12P/c1-3-5-7-9-11-13-15-16-17-18-19-20-21-22-23-25-27-29-31-33-38(45)55-37(35-53-34-32-30-28-26-24-14-12-10-8-6-4-2)36-54-57(51,52)56-44-42(49)40(47)39(46)41(48)43(44)50/h37,39-44,46-50H,3-36H2,1-2H3,(H,51,52). The summed E-state index contributed by atoms with van der Waals surface area (Å²) in [7, 11) is -5.01. The first-order valence-corrected chi connectivity index (χ1v) is 24.9. The van der Waals surface area contributed by atoms with Crippen molar-refractivity contribution in [2.24, 2.45) is 0 Å². The molecule has 12 nitrogen and oxygen atoms in total. The van der Waals surface area contributed by atoms with E-state index in [1.54, 1.807) is 0 Å². The molecule has 0 aromatic rings. The van der Waals surface area contributed by atoms with Gasteiger partial charge in [0.1, 0.15) is 42.7 Å². The average Bonchev–Trinajstić information content (AvgIpc) is 3.19. The van der Waals surface area contributed by atoms with E-state index in [1.165, 1.54) is 148 Å². The summed E-state index contributed by atoms with van der Waals surface area (Å²) in [5.41, 5.74) is 0. The predicted molar refractivity (Wildman–Crippen MR) is 226 cm³/mol. The number of esters is 1. The molecule has 1 rings (SSSR count). The lowest BCUT2D eigenvalue weighted by atomic mass is 9.85. The van der Waals surface area contributed by atoms with Crippen LogP contribution in [-0.2, 0) is 27.9 Å². The van der Waals surface area contributed by atoms with Crippen molar-refractivity contribution in [1.29, 1.82) is 0 Å². The lowest BCUT2D eigenvalue weighted by molar-refractivity contribution is -0.220. The number of phosphoric acid groups is 1. The highest BCUT2D eigenvalue weighted by molar-refractivity contribution is 7.47. The molecule has 1 fully saturated rings. The Balaban J connectivity index is 2.34. The van der Waals surface area contributed by atoms with Crippen molar-refractivity contribution in [3.05, 3.63) is 0 Å². The molecule has 0 aliphatic heterocycles. The number of carbonyl (C=O) groups excluding carboxylic acids is 1. The predicted octanol–water partition coefficient (Wildman–Crippen LogP) is 9.37. The van der Waals surface area contributed by atoms with Crippen LogP contribution in [0.2, 0.25) is 0 Å². The summed E-state index contributed by atoms with van der Waals surface area (Å²) in [6, 6.07) is 0. The molecule has 6 unspecified atom stereocenters. The zero-order chi connectivity index (χ0) is 42.0. The largest absolute Gasteiger partial charge is 0.472 e. The zero-order valence-corrected chi connectivity index (χ0v) is 37.1. The van der Waals surface area contributed by atoms with Crippen LogP contribution in [0.5, 0.6) is 0 Å². The molecule has 1 saturated carbocycles. The smallest absolute Gasteiger partial charge is 0.457 e. The number of unbranched alkanes of at least 4 members (excludes halogenated alkanes) is 28. The van der Waals surface area contributed by atoms with E-state index >= 15 is 0 Å². The lowest BCUT2D eigenvalue weighted by Crippen LogP contribution is -2.64. The van der Waals surface area contributed by atoms with E-state index in [4.69, 9.17) is 18.5 Å². The van der Waals surface area contributed by atoms with E-state index < -0.39 is 63.1 Å². The van der Waals surface area contributed by atoms with Crippen LogP contribution in [0, 0.1) is 0 Å². The van der Waals surface area contributed by atoms with Gasteiger partial charge >= 0.3 is 13.8 Å². The quantitative estimate of drug-likeness (QED) is 0.0195. The minimum atomic E-state index is -5.01. The van der Waals surface area contributed by atoms with Crippen molar-refractivity contribution in [2.45, 2.75) is 256 Å². The number of aliphatic hydroxyl groups excluding tert-OH is 5. The first kappa shape index (κ1) is 54.4. The third kappa shape index (κ3) is 28.5. The topological polar surface area (TPSA) is 192 Å². The van der Waals surface area contributed by atoms with Gasteiger partial charge in [-0.1, -0.05) is 194 Å². The second-order valence-corrected chi connectivity index (χ2v) is 18.0. The van der Waals surface area contributed by atoms with Crippen LogP contribution in [0.15, 0.2) is 0 Å². The molecule has 0 aromatic heterocycles. The maximum Gasteiger partial charge on any atom is 0.472 e. The number of hydrogen-bond acceptors (Lipinski definition) is 11. The molecule has 0 bridgehead atoms. The van der Waals surface area contributed by atoms with E-state index in [1.807, 2.05) is 0 Å². The SMILES string of the molecule is CCCCCCCCCCCCCCCCCCCCCC(=O)OC(COCCCCCCCCCCCCC)COP(=O)(O)OC1C(O)C(O)C(O)C(O)C1O. The molecule has 0 radical (unpaired) electrons. The van der Waals surface area contributed by atoms with E-state index in [2.05, 4.69) is 13.8 Å². The van der Waals surface area contributed by atoms with Crippen LogP contribution in [0.4, 0.5) is 0 Å². The van der Waals surface area contributed by atoms with Gasteiger partial charge in [0.05, 0.1) is 13.2 Å². The molecule has 6 atom stereocenters. The summed E-state index contributed by atoms with van der Waals surface area (Å²) in [6.45, 7) is 4.28. The molecular weight excluding hydrogens is 751 g/mol. The number of phosphoric ester groups is 1. The molecule has 0 amide bonds. The first-order valence-electron chi connectivity index (χ1n) is 23.4. The van der Waals surface area contributed by atoms with Crippen LogP contribution in [0.3, 0.4) is 0 Å². The molecule has 13 heteroatoms. The Morgan fingerprint density at radius 1 is 0.491 bits per heavy atom. The number of aliphatic hydroxyl groups is 5. The maximum atomic E-state index is 12.8. The summed E-state index contributed by atoms with van der Waals surface area (Å²) in [4.78, 5) is 23.1. The summed E-state index contributed by atoms with van der Waals surface area (Å²) in [5.74, 6) is -0.471. The number of ether oxygens (including phenoxy) is 2. The van der Waals surface area contributed by atoms with Crippen LogP contribution in [0.1, 0.15) is 213 Å². The van der Waals surface area contributed by atoms with Gasteiger partial charge in [-0.3, -0.25) is 13.8 Å². The van der Waals surface area contributed by atoms with Gasteiger partial charge in [-0.25, -0.2) is 4.57 Å². The van der Waals surface area contributed by atoms with Gasteiger partial charge in [0.15, 0.2) is 0 Å². The number of hydrogen-bond donors (Lipinski definition) is 6. The van der Waals surface area contributed by atoms with E-state index in [0.29, 0.717) is 13.0 Å². The average molecular weight is 839 g/mol. The Kier molecular flexibility index (Phi) is 34.4. The highest BCUT2D eigenvalue weighted by Gasteiger charge is 2.51. The maximum absolute atomic E-state index is 12.8. The Morgan fingerprint density at radius 2 is 0.825 bits per heavy atom. The Labute approximate surface area is 346 Å². The van der Waals surface area contributed by atoms with Crippen molar-refractivity contribution in [3.63, 3.8) is 0 Å². The highest BCUT2D eigenvalue weighted by Crippen LogP contribution is 2.47. The van der Waals surface area contributed by atoms with Crippen LogP contribution < -0.4 is 0 Å². The Morgan fingerprint density at radius 3 is 1.21 bits per heavy atom. The van der Waals surface area contributed by atoms with E-state index in [-0.39, 0.29) is 13.0 Å². The van der Waals surface area contributed by atoms with Crippen LogP contribution in [0.25, 0.3) is 0 Å². The van der Waals surface area contributed by atoms with Gasteiger partial charge in [0.25, 0.3) is 0 Å². The van der Waals surface area contributed by atoms with Crippen molar-refractivity contribution in [3.8, 4) is 0 Å². The minimum Gasteiger partial charge on any atom is -0.457 e. The van der Waals surface area contributed by atoms with Gasteiger partial charge in [0, 0.05) is 13.0 Å². The fraction of sp³-hybridized carbons (Fsp3) is 0.977. The normalized spacial score (nSPS) is 22.7. The van der Waals surface area contributed by atoms with Gasteiger partial charge in [-0.2, -0.15) is 0 Å². The molecule has 0 spiro atoms. The summed E-state index contributed by atoms with van der Waals surface area (Å²) in [5, 5.41) is 50.1. The molecular formula is C44H87O12P. The Bertz CT molecular complexity index is 958. The highest BCUT2D eigenvalue weighted by atomic mass is 31.2. The van der Waals surface area contributed by atoms with E-state index in [9.17, 15) is 39.8 Å². The molecule has 0 heterocycles. The van der Waals surface area contributed by atoms with E-state index in [0.717, 1.165) is 38.5 Å². The number of carbonyl (C=O) groups is 1. The second kappa shape index (κ2) is 36.0. The monoisotopic (exact) mass is 839 g/mol. The Hall–Kier alpha value is -0.660. The van der Waals surface area contributed by atoms with Gasteiger partial charge < -0.3 is 39.9 Å². The third-order valence-corrected chi connectivity index (χ3v) is 12.2. The molecule has 1 aliphatic rings. The number of rotatable bonds is 40. The van der Waals surface area contributed by atoms with Crippen molar-refractivity contribution in [1.82, 2.24) is 0 Å². The molecule has 0 aromatic carbocycles. The van der Waals surface area contributed by atoms with Crippen molar-refractivity contribution in [2.75, 3.05) is 19.8 Å². The van der Waals surface area contributed by atoms with Gasteiger partial charge in [-0.05, 0) is 12.8 Å². The summed E-state index contributed by atoms with van der Waals surface area (Å²) < 4.78 is 34.1. The van der Waals surface area contributed by atoms with Crippen molar-refractivity contribution < 1.29 is 58.3 Å². The molecule has 0 saturated heterocycles. The summed E-state index contributed by atoms with van der Waals surface area (Å²) in [6.07, 6.45) is 24.6. The minimum absolute atomic E-state index is 0.0685. The van der Waals surface area contributed by atoms with Crippen LogP contribution >= 0.6 is 7.82 Å². The van der Waals surface area contributed by atoms with Gasteiger partial charge in [0.2, 0.25) is 0 Å². The summed E-state index contributed by atoms with van der Waals surface area (Å²) >= 11 is 0. The lowest BCUT2D eigenvalue weighted by Gasteiger charge is -2.41. The first-order chi connectivity index (χ1) is 27.5. The van der Waals surface area contributed by atoms with Gasteiger partial charge in [-0.15, -0.1) is 0 Å². The third-order valence-electron chi connectivity index (χ3n) is 11.2. The fourth-order valence-electron chi connectivity index (χ4n) is 7.47.